The van der Waals surface area contributed by atoms with Crippen LogP contribution in [0, 0.1) is 0 Å². The van der Waals surface area contributed by atoms with E-state index in [1.165, 1.54) is 25.7 Å². The molecule has 3 aromatic rings. The number of pyridine rings is 1. The summed E-state index contributed by atoms with van der Waals surface area (Å²) in [7, 11) is 0. The van der Waals surface area contributed by atoms with E-state index < -0.39 is 0 Å². The second-order valence-corrected chi connectivity index (χ2v) is 8.67. The topological polar surface area (TPSA) is 109 Å². The largest absolute Gasteiger partial charge is 0.506 e. The Morgan fingerprint density at radius 2 is 1.79 bits per heavy atom. The zero-order valence-electron chi connectivity index (χ0n) is 15.9. The lowest BCUT2D eigenvalue weighted by Crippen LogP contribution is -2.52. The highest BCUT2D eigenvalue weighted by Crippen LogP contribution is 2.53. The average Bonchev–Trinajstić information content (AvgIpc) is 3.56. The van der Waals surface area contributed by atoms with Crippen molar-refractivity contribution < 1.29 is 9.84 Å². The number of aromatic hydroxyl groups is 1. The lowest BCUT2D eigenvalue weighted by Gasteiger charge is -2.37. The minimum atomic E-state index is 0.0522. The maximum Gasteiger partial charge on any atom is 0.233 e. The number of hydrogen-bond acceptors (Lipinski definition) is 7. The summed E-state index contributed by atoms with van der Waals surface area (Å²) in [4.78, 5) is 4.36. The second-order valence-electron chi connectivity index (χ2n) is 8.67. The van der Waals surface area contributed by atoms with E-state index in [0.29, 0.717) is 28.3 Å². The highest BCUT2D eigenvalue weighted by Gasteiger charge is 2.59. The lowest BCUT2D eigenvalue weighted by molar-refractivity contribution is 0.0951. The van der Waals surface area contributed by atoms with E-state index in [9.17, 15) is 5.11 Å². The normalized spacial score (nSPS) is 23.2. The first-order valence-corrected chi connectivity index (χ1v) is 10.1. The fraction of sp³-hybridized carbons (Fsp3) is 0.429. The summed E-state index contributed by atoms with van der Waals surface area (Å²) in [6.07, 6.45) is 12.4. The Kier molecular flexibility index (Phi) is 3.50. The molecule has 0 amide bonds. The van der Waals surface area contributed by atoms with Crippen molar-refractivity contribution in [1.82, 2.24) is 30.7 Å². The number of nitrogens with zero attached hydrogens (tertiary/aromatic N) is 4. The van der Waals surface area contributed by atoms with Gasteiger partial charge in [0.2, 0.25) is 5.88 Å². The molecule has 8 heteroatoms. The van der Waals surface area contributed by atoms with Crippen LogP contribution in [-0.2, 0) is 0 Å². The van der Waals surface area contributed by atoms with Crippen LogP contribution in [0.25, 0.3) is 22.5 Å². The first-order chi connectivity index (χ1) is 14.1. The molecule has 0 unspecified atom stereocenters. The van der Waals surface area contributed by atoms with Crippen molar-refractivity contribution in [3.8, 4) is 34.1 Å². The van der Waals surface area contributed by atoms with E-state index in [1.807, 2.05) is 6.07 Å². The molecular formula is C21H22N6O2. The van der Waals surface area contributed by atoms with Crippen LogP contribution in [0.4, 0.5) is 0 Å². The summed E-state index contributed by atoms with van der Waals surface area (Å²) in [6.45, 7) is 0. The summed E-state index contributed by atoms with van der Waals surface area (Å²) < 4.78 is 6.19. The standard InChI is InChI=1S/C21H22N6O2/c28-17-7-13(14-11-23-24-12-14)10-22-19(17)16-1-2-18(26-25-16)29-15-8-20(3-4-20)27-21(9-15)5-6-21/h1-2,7,10-12,15,27-28H,3-6,8-9H2,(H,23,24). The van der Waals surface area contributed by atoms with Crippen molar-refractivity contribution >= 4 is 0 Å². The Hall–Kier alpha value is -3.00. The molecular weight excluding hydrogens is 368 g/mol. The molecule has 1 saturated heterocycles. The van der Waals surface area contributed by atoms with Crippen LogP contribution < -0.4 is 10.1 Å². The number of hydrogen-bond donors (Lipinski definition) is 3. The van der Waals surface area contributed by atoms with Crippen LogP contribution in [0.15, 0.2) is 36.8 Å². The van der Waals surface area contributed by atoms with Gasteiger partial charge in [0.1, 0.15) is 23.2 Å². The molecule has 148 valence electrons. The van der Waals surface area contributed by atoms with E-state index >= 15 is 0 Å². The molecule has 8 nitrogen and oxygen atoms in total. The molecule has 4 heterocycles. The minimum Gasteiger partial charge on any atom is -0.506 e. The van der Waals surface area contributed by atoms with Gasteiger partial charge in [-0.1, -0.05) is 0 Å². The maximum absolute atomic E-state index is 10.4. The Labute approximate surface area is 167 Å². The Morgan fingerprint density at radius 1 is 1.00 bits per heavy atom. The van der Waals surface area contributed by atoms with Gasteiger partial charge < -0.3 is 15.2 Å². The van der Waals surface area contributed by atoms with Crippen molar-refractivity contribution in [2.75, 3.05) is 0 Å². The molecule has 0 radical (unpaired) electrons. The fourth-order valence-electron chi connectivity index (χ4n) is 4.55. The van der Waals surface area contributed by atoms with Gasteiger partial charge >= 0.3 is 0 Å². The van der Waals surface area contributed by atoms with Crippen molar-refractivity contribution in [3.05, 3.63) is 36.8 Å². The molecule has 6 rings (SSSR count). The second kappa shape index (κ2) is 6.00. The third kappa shape index (κ3) is 3.13. The number of H-pyrrole nitrogens is 1. The molecule has 3 fully saturated rings. The van der Waals surface area contributed by atoms with E-state index in [2.05, 4.69) is 30.7 Å². The molecule has 2 aliphatic carbocycles. The van der Waals surface area contributed by atoms with Crippen LogP contribution in [0.3, 0.4) is 0 Å². The number of nitrogens with one attached hydrogen (secondary N) is 2. The zero-order valence-corrected chi connectivity index (χ0v) is 15.9. The maximum atomic E-state index is 10.4. The third-order valence-corrected chi connectivity index (χ3v) is 6.34. The number of aromatic amines is 1. The molecule has 3 aromatic heterocycles. The molecule has 2 spiro atoms. The van der Waals surface area contributed by atoms with Gasteiger partial charge in [0.05, 0.1) is 6.20 Å². The number of piperidine rings is 1. The third-order valence-electron chi connectivity index (χ3n) is 6.34. The van der Waals surface area contributed by atoms with Crippen LogP contribution in [-0.4, -0.2) is 47.7 Å². The van der Waals surface area contributed by atoms with Crippen molar-refractivity contribution in [3.63, 3.8) is 0 Å². The van der Waals surface area contributed by atoms with Gasteiger partial charge in [-0.3, -0.25) is 5.10 Å². The number of rotatable bonds is 4. The van der Waals surface area contributed by atoms with Crippen molar-refractivity contribution in [2.24, 2.45) is 0 Å². The first-order valence-electron chi connectivity index (χ1n) is 10.1. The molecule has 0 bridgehead atoms. The average molecular weight is 390 g/mol. The SMILES string of the molecule is Oc1cc(-c2cn[nH]c2)cnc1-c1ccc(OC2CC3(CC3)NC3(CC3)C2)nn1. The lowest BCUT2D eigenvalue weighted by atomic mass is 9.92. The number of aromatic nitrogens is 5. The summed E-state index contributed by atoms with van der Waals surface area (Å²) in [5, 5.41) is 29.4. The summed E-state index contributed by atoms with van der Waals surface area (Å²) in [5.74, 6) is 0.582. The van der Waals surface area contributed by atoms with Gasteiger partial charge in [-0.05, 0) is 37.8 Å². The smallest absolute Gasteiger partial charge is 0.233 e. The van der Waals surface area contributed by atoms with Gasteiger partial charge in [0.25, 0.3) is 0 Å². The van der Waals surface area contributed by atoms with Gasteiger partial charge in [-0.15, -0.1) is 10.2 Å². The summed E-state index contributed by atoms with van der Waals surface area (Å²) in [6, 6.07) is 5.26. The molecule has 29 heavy (non-hydrogen) atoms. The monoisotopic (exact) mass is 390 g/mol. The Bertz CT molecular complexity index is 1020. The van der Waals surface area contributed by atoms with E-state index in [-0.39, 0.29) is 11.9 Å². The van der Waals surface area contributed by atoms with Gasteiger partial charge in [0, 0.05) is 53.5 Å². The van der Waals surface area contributed by atoms with Crippen LogP contribution in [0.2, 0.25) is 0 Å². The highest BCUT2D eigenvalue weighted by atomic mass is 16.5. The fourth-order valence-corrected chi connectivity index (χ4v) is 4.55. The Morgan fingerprint density at radius 3 is 2.38 bits per heavy atom. The predicted octanol–water partition coefficient (Wildman–Crippen LogP) is 2.83. The van der Waals surface area contributed by atoms with E-state index in [0.717, 1.165) is 24.0 Å². The predicted molar refractivity (Wildman–Crippen MR) is 105 cm³/mol. The van der Waals surface area contributed by atoms with Gasteiger partial charge in [-0.25, -0.2) is 4.98 Å². The van der Waals surface area contributed by atoms with Crippen LogP contribution >= 0.6 is 0 Å². The van der Waals surface area contributed by atoms with Gasteiger partial charge in [-0.2, -0.15) is 5.10 Å². The molecule has 1 aliphatic heterocycles. The van der Waals surface area contributed by atoms with E-state index in [1.54, 1.807) is 30.7 Å². The summed E-state index contributed by atoms with van der Waals surface area (Å²) >= 11 is 0. The molecule has 0 aromatic carbocycles. The Balaban J connectivity index is 1.19. The molecule has 2 saturated carbocycles. The quantitative estimate of drug-likeness (QED) is 0.628. The minimum absolute atomic E-state index is 0.0522. The first kappa shape index (κ1) is 16.9. The van der Waals surface area contributed by atoms with Crippen molar-refractivity contribution in [2.45, 2.75) is 55.7 Å². The van der Waals surface area contributed by atoms with Gasteiger partial charge in [0.15, 0.2) is 0 Å². The molecule has 3 N–H and O–H groups in total. The summed E-state index contributed by atoms with van der Waals surface area (Å²) in [5.41, 5.74) is 3.15. The number of ether oxygens (including phenoxy) is 1. The van der Waals surface area contributed by atoms with Crippen LogP contribution in [0.1, 0.15) is 38.5 Å². The van der Waals surface area contributed by atoms with Crippen LogP contribution in [0.5, 0.6) is 11.6 Å². The van der Waals surface area contributed by atoms with Crippen molar-refractivity contribution in [1.29, 1.82) is 0 Å². The molecule has 0 atom stereocenters. The highest BCUT2D eigenvalue weighted by molar-refractivity contribution is 5.69. The zero-order chi connectivity index (χ0) is 19.5. The molecule has 3 aliphatic rings. The van der Waals surface area contributed by atoms with E-state index in [4.69, 9.17) is 4.74 Å².